The first-order valence-corrected chi connectivity index (χ1v) is 11.5. The van der Waals surface area contributed by atoms with Gasteiger partial charge < -0.3 is 14.8 Å². The van der Waals surface area contributed by atoms with Crippen molar-refractivity contribution in [3.05, 3.63) is 83.9 Å². The zero-order valence-electron chi connectivity index (χ0n) is 17.8. The minimum atomic E-state index is -3.95. The van der Waals surface area contributed by atoms with Crippen molar-refractivity contribution in [1.29, 1.82) is 0 Å². The van der Waals surface area contributed by atoms with Crippen LogP contribution in [0.25, 0.3) is 0 Å². The third kappa shape index (κ3) is 4.19. The molecule has 1 amide bonds. The standard InChI is InChI=1S/C24H24N2O5S/c1-30-19-11-13-20(14-12-19)32(28,29)26-16-18-8-4-3-7-17(18)15-22(26)24(27)25-21-9-5-6-10-23(21)31-2/h3-14,22H,15-16H2,1-2H3,(H,25,27)/t22-/m1/s1. The average molecular weight is 453 g/mol. The van der Waals surface area contributed by atoms with E-state index in [1.807, 2.05) is 24.3 Å². The summed E-state index contributed by atoms with van der Waals surface area (Å²) >= 11 is 0. The average Bonchev–Trinajstić information content (AvgIpc) is 2.83. The molecule has 7 nitrogen and oxygen atoms in total. The first-order valence-electron chi connectivity index (χ1n) is 10.1. The van der Waals surface area contributed by atoms with Gasteiger partial charge in [0, 0.05) is 6.54 Å². The summed E-state index contributed by atoms with van der Waals surface area (Å²) < 4.78 is 38.9. The van der Waals surface area contributed by atoms with Crippen molar-refractivity contribution >= 4 is 21.6 Å². The molecule has 3 aromatic rings. The van der Waals surface area contributed by atoms with Crippen molar-refractivity contribution in [1.82, 2.24) is 4.31 Å². The van der Waals surface area contributed by atoms with Gasteiger partial charge in [0.2, 0.25) is 15.9 Å². The predicted octanol–water partition coefficient (Wildman–Crippen LogP) is 3.46. The van der Waals surface area contributed by atoms with Crippen molar-refractivity contribution in [3.8, 4) is 11.5 Å². The normalized spacial score (nSPS) is 16.1. The fourth-order valence-electron chi connectivity index (χ4n) is 3.82. The van der Waals surface area contributed by atoms with Gasteiger partial charge in [0.15, 0.2) is 0 Å². The predicted molar refractivity (Wildman–Crippen MR) is 121 cm³/mol. The van der Waals surface area contributed by atoms with E-state index in [2.05, 4.69) is 5.32 Å². The number of carbonyl (C=O) groups excluding carboxylic acids is 1. The van der Waals surface area contributed by atoms with E-state index in [1.165, 1.54) is 30.7 Å². The minimum absolute atomic E-state index is 0.104. The number of nitrogens with one attached hydrogen (secondary N) is 1. The number of anilines is 1. The number of hydrogen-bond acceptors (Lipinski definition) is 5. The molecule has 0 fully saturated rings. The van der Waals surface area contributed by atoms with Gasteiger partial charge in [-0.05, 0) is 53.9 Å². The molecule has 0 saturated heterocycles. The number of carbonyl (C=O) groups is 1. The highest BCUT2D eigenvalue weighted by molar-refractivity contribution is 7.89. The lowest BCUT2D eigenvalue weighted by Gasteiger charge is -2.35. The molecular formula is C24H24N2O5S. The number of benzene rings is 3. The van der Waals surface area contributed by atoms with E-state index in [0.717, 1.165) is 11.1 Å². The largest absolute Gasteiger partial charge is 0.497 e. The Morgan fingerprint density at radius 3 is 2.25 bits per heavy atom. The van der Waals surface area contributed by atoms with Gasteiger partial charge in [0.25, 0.3) is 0 Å². The number of para-hydroxylation sites is 2. The lowest BCUT2D eigenvalue weighted by molar-refractivity contribution is -0.120. The van der Waals surface area contributed by atoms with Gasteiger partial charge >= 0.3 is 0 Å². The van der Waals surface area contributed by atoms with Crippen molar-refractivity contribution in [2.45, 2.75) is 23.9 Å². The van der Waals surface area contributed by atoms with Crippen LogP contribution in [0.3, 0.4) is 0 Å². The molecule has 0 aromatic heterocycles. The van der Waals surface area contributed by atoms with Gasteiger partial charge in [0.05, 0.1) is 24.8 Å². The van der Waals surface area contributed by atoms with Crippen LogP contribution >= 0.6 is 0 Å². The van der Waals surface area contributed by atoms with Crippen LogP contribution in [0.15, 0.2) is 77.7 Å². The van der Waals surface area contributed by atoms with Gasteiger partial charge in [-0.25, -0.2) is 8.42 Å². The maximum atomic E-state index is 13.6. The lowest BCUT2D eigenvalue weighted by atomic mass is 9.95. The summed E-state index contributed by atoms with van der Waals surface area (Å²) in [7, 11) is -0.913. The zero-order valence-corrected chi connectivity index (χ0v) is 18.6. The summed E-state index contributed by atoms with van der Waals surface area (Å²) in [6, 6.07) is 19.8. The maximum absolute atomic E-state index is 13.6. The molecule has 1 N–H and O–H groups in total. The molecule has 1 heterocycles. The van der Waals surface area contributed by atoms with E-state index >= 15 is 0 Å². The van der Waals surface area contributed by atoms with Crippen LogP contribution in [0.1, 0.15) is 11.1 Å². The molecular weight excluding hydrogens is 428 g/mol. The van der Waals surface area contributed by atoms with Crippen molar-refractivity contribution < 1.29 is 22.7 Å². The second-order valence-corrected chi connectivity index (χ2v) is 9.29. The smallest absolute Gasteiger partial charge is 0.244 e. The molecule has 0 saturated carbocycles. The summed E-state index contributed by atoms with van der Waals surface area (Å²) in [6.45, 7) is 0.106. The highest BCUT2D eigenvalue weighted by atomic mass is 32.2. The number of fused-ring (bicyclic) bond motifs is 1. The fourth-order valence-corrected chi connectivity index (χ4v) is 5.39. The Bertz CT molecular complexity index is 1230. The number of methoxy groups -OCH3 is 2. The van der Waals surface area contributed by atoms with Crippen LogP contribution in [0.4, 0.5) is 5.69 Å². The Labute approximate surface area is 187 Å². The summed E-state index contributed by atoms with van der Waals surface area (Å²) in [4.78, 5) is 13.4. The summed E-state index contributed by atoms with van der Waals surface area (Å²) in [5.74, 6) is 0.640. The van der Waals surface area contributed by atoms with E-state index in [-0.39, 0.29) is 17.9 Å². The number of hydrogen-bond donors (Lipinski definition) is 1. The molecule has 1 aliphatic rings. The number of nitrogens with zero attached hydrogens (tertiary/aromatic N) is 1. The topological polar surface area (TPSA) is 84.9 Å². The van der Waals surface area contributed by atoms with E-state index in [1.54, 1.807) is 36.4 Å². The van der Waals surface area contributed by atoms with Crippen LogP contribution in [0.5, 0.6) is 11.5 Å². The number of sulfonamides is 1. The Hall–Kier alpha value is -3.36. The first kappa shape index (κ1) is 21.9. The minimum Gasteiger partial charge on any atom is -0.497 e. The van der Waals surface area contributed by atoms with E-state index in [0.29, 0.717) is 17.2 Å². The Morgan fingerprint density at radius 2 is 1.56 bits per heavy atom. The maximum Gasteiger partial charge on any atom is 0.244 e. The monoisotopic (exact) mass is 452 g/mol. The molecule has 0 unspecified atom stereocenters. The highest BCUT2D eigenvalue weighted by Crippen LogP contribution is 2.31. The van der Waals surface area contributed by atoms with Gasteiger partial charge in [-0.15, -0.1) is 0 Å². The molecule has 4 rings (SSSR count). The van der Waals surface area contributed by atoms with Gasteiger partial charge in [-0.1, -0.05) is 36.4 Å². The first-order chi connectivity index (χ1) is 15.4. The molecule has 32 heavy (non-hydrogen) atoms. The van der Waals surface area contributed by atoms with Crippen LogP contribution in [0.2, 0.25) is 0 Å². The second-order valence-electron chi connectivity index (χ2n) is 7.40. The highest BCUT2D eigenvalue weighted by Gasteiger charge is 2.39. The van der Waals surface area contributed by atoms with Gasteiger partial charge in [-0.3, -0.25) is 4.79 Å². The quantitative estimate of drug-likeness (QED) is 0.619. The Kier molecular flexibility index (Phi) is 6.16. The van der Waals surface area contributed by atoms with E-state index in [4.69, 9.17) is 9.47 Å². The van der Waals surface area contributed by atoms with Crippen molar-refractivity contribution in [2.75, 3.05) is 19.5 Å². The number of rotatable bonds is 6. The number of amides is 1. The number of ether oxygens (including phenoxy) is 2. The summed E-state index contributed by atoms with van der Waals surface area (Å²) in [5, 5.41) is 2.84. The van der Waals surface area contributed by atoms with Crippen LogP contribution in [-0.2, 0) is 27.8 Å². The molecule has 0 spiro atoms. The van der Waals surface area contributed by atoms with Gasteiger partial charge in [-0.2, -0.15) is 4.31 Å². The SMILES string of the molecule is COc1ccc(S(=O)(=O)N2Cc3ccccc3C[C@@H]2C(=O)Nc2ccccc2OC)cc1. The lowest BCUT2D eigenvalue weighted by Crippen LogP contribution is -2.50. The Morgan fingerprint density at radius 1 is 0.906 bits per heavy atom. The second kappa shape index (κ2) is 9.02. The third-order valence-electron chi connectivity index (χ3n) is 5.54. The Balaban J connectivity index is 1.71. The molecule has 0 aliphatic carbocycles. The summed E-state index contributed by atoms with van der Waals surface area (Å²) in [6.07, 6.45) is 0.270. The zero-order chi connectivity index (χ0) is 22.7. The van der Waals surface area contributed by atoms with Crippen molar-refractivity contribution in [2.24, 2.45) is 0 Å². The van der Waals surface area contributed by atoms with Gasteiger partial charge in [0.1, 0.15) is 17.5 Å². The fraction of sp³-hybridized carbons (Fsp3) is 0.208. The molecule has 1 aliphatic heterocycles. The molecule has 0 radical (unpaired) electrons. The van der Waals surface area contributed by atoms with E-state index in [9.17, 15) is 13.2 Å². The molecule has 166 valence electrons. The molecule has 0 bridgehead atoms. The van der Waals surface area contributed by atoms with Crippen LogP contribution in [0, 0.1) is 0 Å². The summed E-state index contributed by atoms with van der Waals surface area (Å²) in [5.41, 5.74) is 2.32. The van der Waals surface area contributed by atoms with Crippen LogP contribution in [-0.4, -0.2) is 38.9 Å². The van der Waals surface area contributed by atoms with E-state index < -0.39 is 22.0 Å². The molecule has 1 atom stereocenters. The third-order valence-corrected chi connectivity index (χ3v) is 7.41. The molecule has 8 heteroatoms. The van der Waals surface area contributed by atoms with Crippen molar-refractivity contribution in [3.63, 3.8) is 0 Å². The molecule has 3 aromatic carbocycles. The van der Waals surface area contributed by atoms with Crippen LogP contribution < -0.4 is 14.8 Å².